The molecule has 0 radical (unpaired) electrons. The Labute approximate surface area is 123 Å². The molecule has 2 heterocycles. The van der Waals surface area contributed by atoms with Crippen molar-refractivity contribution in [3.05, 3.63) is 54.5 Å². The van der Waals surface area contributed by atoms with Gasteiger partial charge in [-0.15, -0.1) is 0 Å². The number of rotatable bonds is 5. The number of imide groups is 1. The van der Waals surface area contributed by atoms with Crippen LogP contribution in [0.1, 0.15) is 5.69 Å². The van der Waals surface area contributed by atoms with E-state index in [9.17, 15) is 9.59 Å². The van der Waals surface area contributed by atoms with Gasteiger partial charge >= 0.3 is 6.03 Å². The minimum atomic E-state index is -0.417. The van der Waals surface area contributed by atoms with Crippen molar-refractivity contribution in [3.8, 4) is 0 Å². The van der Waals surface area contributed by atoms with E-state index < -0.39 is 6.03 Å². The molecule has 2 rings (SSSR count). The fourth-order valence-electron chi connectivity index (χ4n) is 1.82. The molecule has 3 amide bonds. The van der Waals surface area contributed by atoms with Gasteiger partial charge in [-0.05, 0) is 24.3 Å². The van der Waals surface area contributed by atoms with Gasteiger partial charge in [0.15, 0.2) is 0 Å². The smallest absolute Gasteiger partial charge is 0.281 e. The van der Waals surface area contributed by atoms with Crippen LogP contribution in [-0.4, -0.2) is 40.9 Å². The summed E-state index contributed by atoms with van der Waals surface area (Å²) in [4.78, 5) is 34.1. The Balaban J connectivity index is 2.00. The largest absolute Gasteiger partial charge is 0.331 e. The molecule has 0 bridgehead atoms. The molecule has 0 aliphatic carbocycles. The highest BCUT2D eigenvalue weighted by Gasteiger charge is 2.19. The summed E-state index contributed by atoms with van der Waals surface area (Å²) >= 11 is 0. The maximum atomic E-state index is 12.3. The van der Waals surface area contributed by atoms with Crippen molar-refractivity contribution in [1.29, 1.82) is 0 Å². The van der Waals surface area contributed by atoms with Crippen LogP contribution >= 0.6 is 0 Å². The number of pyridine rings is 2. The number of carbonyl (C=O) groups is 2. The van der Waals surface area contributed by atoms with E-state index in [1.165, 1.54) is 4.90 Å². The van der Waals surface area contributed by atoms with Crippen LogP contribution in [0.3, 0.4) is 0 Å². The highest BCUT2D eigenvalue weighted by Crippen LogP contribution is 2.09. The third-order valence-electron chi connectivity index (χ3n) is 2.99. The lowest BCUT2D eigenvalue weighted by atomic mass is 10.2. The summed E-state index contributed by atoms with van der Waals surface area (Å²) in [7, 11) is 1.59. The molecule has 0 aliphatic heterocycles. The third kappa shape index (κ3) is 3.85. The van der Waals surface area contributed by atoms with E-state index in [1.807, 2.05) is 18.2 Å². The molecule has 0 aromatic carbocycles. The first-order valence-corrected chi connectivity index (χ1v) is 6.53. The molecule has 21 heavy (non-hydrogen) atoms. The number of aromatic nitrogens is 2. The molecule has 0 aliphatic rings. The molecule has 0 fully saturated rings. The number of amides is 3. The van der Waals surface area contributed by atoms with Crippen molar-refractivity contribution < 1.29 is 9.59 Å². The average Bonchev–Trinajstić information content (AvgIpc) is 2.56. The van der Waals surface area contributed by atoms with Gasteiger partial charge < -0.3 is 0 Å². The quantitative estimate of drug-likeness (QED) is 0.784. The topological polar surface area (TPSA) is 66.4 Å². The van der Waals surface area contributed by atoms with Crippen LogP contribution in [0, 0.1) is 0 Å². The monoisotopic (exact) mass is 284 g/mol. The third-order valence-corrected chi connectivity index (χ3v) is 2.99. The highest BCUT2D eigenvalue weighted by atomic mass is 16.2. The lowest BCUT2D eigenvalue weighted by Gasteiger charge is -2.22. The predicted octanol–water partition coefficient (Wildman–Crippen LogP) is 1.73. The number of hydrogen-bond acceptors (Lipinski definition) is 4. The zero-order chi connectivity index (χ0) is 15.1. The van der Waals surface area contributed by atoms with Gasteiger partial charge in [-0.2, -0.15) is 0 Å². The molecule has 0 atom stereocenters. The molecule has 6 heteroatoms. The Morgan fingerprint density at radius 1 is 1.14 bits per heavy atom. The van der Waals surface area contributed by atoms with E-state index in [1.54, 1.807) is 37.6 Å². The van der Waals surface area contributed by atoms with Crippen LogP contribution < -0.4 is 4.90 Å². The van der Waals surface area contributed by atoms with Crippen molar-refractivity contribution in [2.75, 3.05) is 18.5 Å². The van der Waals surface area contributed by atoms with Crippen LogP contribution in [0.4, 0.5) is 10.6 Å². The van der Waals surface area contributed by atoms with Crippen molar-refractivity contribution in [3.63, 3.8) is 0 Å². The Hall–Kier alpha value is -2.76. The first-order chi connectivity index (χ1) is 10.2. The summed E-state index contributed by atoms with van der Waals surface area (Å²) in [5.74, 6) is 0.493. The van der Waals surface area contributed by atoms with Crippen molar-refractivity contribution in [2.24, 2.45) is 0 Å². The zero-order valence-electron chi connectivity index (χ0n) is 11.7. The second-order valence-electron chi connectivity index (χ2n) is 4.40. The van der Waals surface area contributed by atoms with Crippen LogP contribution in [0.15, 0.2) is 48.8 Å². The van der Waals surface area contributed by atoms with E-state index in [4.69, 9.17) is 0 Å². The van der Waals surface area contributed by atoms with Gasteiger partial charge in [-0.25, -0.2) is 9.78 Å². The summed E-state index contributed by atoms with van der Waals surface area (Å²) in [6, 6.07) is 10.4. The minimum Gasteiger partial charge on any atom is -0.281 e. The average molecular weight is 284 g/mol. The lowest BCUT2D eigenvalue weighted by Crippen LogP contribution is -2.41. The fraction of sp³-hybridized carbons (Fsp3) is 0.200. The molecule has 2 aromatic heterocycles. The number of anilines is 1. The SMILES string of the molecule is CN(C(=O)N(C=O)CCc1ccccn1)c1ccccn1. The van der Waals surface area contributed by atoms with Gasteiger partial charge in [0.2, 0.25) is 6.41 Å². The number of hydrogen-bond donors (Lipinski definition) is 0. The van der Waals surface area contributed by atoms with Gasteiger partial charge in [-0.3, -0.25) is 19.6 Å². The maximum absolute atomic E-state index is 12.3. The van der Waals surface area contributed by atoms with E-state index in [2.05, 4.69) is 9.97 Å². The van der Waals surface area contributed by atoms with E-state index in [0.717, 1.165) is 10.6 Å². The molecule has 6 nitrogen and oxygen atoms in total. The van der Waals surface area contributed by atoms with Gasteiger partial charge in [0.05, 0.1) is 0 Å². The molecular formula is C15H16N4O2. The summed E-state index contributed by atoms with van der Waals surface area (Å²) in [6.07, 6.45) is 4.33. The Morgan fingerprint density at radius 3 is 2.43 bits per heavy atom. The van der Waals surface area contributed by atoms with Crippen LogP contribution in [0.2, 0.25) is 0 Å². The van der Waals surface area contributed by atoms with Gasteiger partial charge in [-0.1, -0.05) is 12.1 Å². The van der Waals surface area contributed by atoms with Gasteiger partial charge in [0.1, 0.15) is 5.82 Å². The summed E-state index contributed by atoms with van der Waals surface area (Å²) in [5, 5.41) is 0. The Bertz CT molecular complexity index is 589. The normalized spacial score (nSPS) is 9.95. The first kappa shape index (κ1) is 14.6. The second-order valence-corrected chi connectivity index (χ2v) is 4.40. The fourth-order valence-corrected chi connectivity index (χ4v) is 1.82. The van der Waals surface area contributed by atoms with Crippen molar-refractivity contribution in [2.45, 2.75) is 6.42 Å². The van der Waals surface area contributed by atoms with Crippen LogP contribution in [0.25, 0.3) is 0 Å². The molecule has 0 spiro atoms. The molecular weight excluding hydrogens is 268 g/mol. The zero-order valence-corrected chi connectivity index (χ0v) is 11.7. The Kier molecular flexibility index (Phi) is 4.98. The van der Waals surface area contributed by atoms with Gasteiger partial charge in [0.25, 0.3) is 0 Å². The molecule has 0 saturated carbocycles. The molecule has 0 saturated heterocycles. The predicted molar refractivity (Wildman–Crippen MR) is 78.7 cm³/mol. The summed E-state index contributed by atoms with van der Waals surface area (Å²) < 4.78 is 0. The van der Waals surface area contributed by atoms with Crippen LogP contribution in [-0.2, 0) is 11.2 Å². The lowest BCUT2D eigenvalue weighted by molar-refractivity contribution is -0.115. The minimum absolute atomic E-state index is 0.274. The summed E-state index contributed by atoms with van der Waals surface area (Å²) in [6.45, 7) is 0.274. The van der Waals surface area contributed by atoms with Gasteiger partial charge in [0, 0.05) is 38.1 Å². The van der Waals surface area contributed by atoms with Crippen molar-refractivity contribution >= 4 is 18.3 Å². The maximum Gasteiger partial charge on any atom is 0.331 e. The molecule has 108 valence electrons. The van der Waals surface area contributed by atoms with Crippen LogP contribution in [0.5, 0.6) is 0 Å². The molecule has 0 unspecified atom stereocenters. The Morgan fingerprint density at radius 2 is 1.86 bits per heavy atom. The van der Waals surface area contributed by atoms with E-state index in [-0.39, 0.29) is 6.54 Å². The second kappa shape index (κ2) is 7.14. The summed E-state index contributed by atoms with van der Waals surface area (Å²) in [5.41, 5.74) is 0.831. The number of urea groups is 1. The van der Waals surface area contributed by atoms with E-state index >= 15 is 0 Å². The van der Waals surface area contributed by atoms with Crippen molar-refractivity contribution in [1.82, 2.24) is 14.9 Å². The first-order valence-electron chi connectivity index (χ1n) is 6.53. The standard InChI is InChI=1S/C15H16N4O2/c1-18(14-7-3-5-10-17-14)15(21)19(12-20)11-8-13-6-2-4-9-16-13/h2-7,9-10,12H,8,11H2,1H3. The highest BCUT2D eigenvalue weighted by molar-refractivity contribution is 5.96. The van der Waals surface area contributed by atoms with E-state index in [0.29, 0.717) is 18.6 Å². The molecule has 0 N–H and O–H groups in total. The number of nitrogens with zero attached hydrogens (tertiary/aromatic N) is 4. The molecule has 2 aromatic rings. The number of carbonyl (C=O) groups excluding carboxylic acids is 2.